The quantitative estimate of drug-likeness (QED) is 0.184. The van der Waals surface area contributed by atoms with Gasteiger partial charge in [-0.25, -0.2) is 4.99 Å². The normalized spacial score (nSPS) is 15.5. The van der Waals surface area contributed by atoms with Crippen LogP contribution in [-0.4, -0.2) is 29.6 Å². The van der Waals surface area contributed by atoms with Crippen LogP contribution in [0.1, 0.15) is 24.5 Å². The van der Waals surface area contributed by atoms with E-state index in [1.807, 2.05) is 55.5 Å². The van der Waals surface area contributed by atoms with Crippen LogP contribution in [0.4, 0.5) is 5.69 Å². The Hall–Kier alpha value is -3.26. The lowest BCUT2D eigenvalue weighted by atomic mass is 10.1. The monoisotopic (exact) mass is 620 g/mol. The van der Waals surface area contributed by atoms with Gasteiger partial charge in [-0.3, -0.25) is 9.69 Å². The van der Waals surface area contributed by atoms with Crippen molar-refractivity contribution in [1.29, 1.82) is 0 Å². The second-order valence-electron chi connectivity index (χ2n) is 8.90. The highest BCUT2D eigenvalue weighted by Gasteiger charge is 2.33. The van der Waals surface area contributed by atoms with E-state index in [1.165, 1.54) is 17.1 Å². The molecule has 4 aromatic carbocycles. The number of amidine groups is 1. The summed E-state index contributed by atoms with van der Waals surface area (Å²) < 4.78 is 12.7. The Morgan fingerprint density at radius 1 is 1.05 bits per heavy atom. The predicted molar refractivity (Wildman–Crippen MR) is 165 cm³/mol. The van der Waals surface area contributed by atoms with Gasteiger partial charge in [0.15, 0.2) is 16.7 Å². The van der Waals surface area contributed by atoms with Gasteiger partial charge in [0, 0.05) is 11.6 Å². The van der Waals surface area contributed by atoms with E-state index in [-0.39, 0.29) is 5.91 Å². The molecule has 0 radical (unpaired) electrons. The second-order valence-corrected chi connectivity index (χ2v) is 11.2. The summed E-state index contributed by atoms with van der Waals surface area (Å²) in [6.45, 7) is 3.02. The van der Waals surface area contributed by atoms with Crippen LogP contribution in [0.15, 0.2) is 93.2 Å². The number of thioether (sulfide) groups is 1. The van der Waals surface area contributed by atoms with Crippen LogP contribution in [-0.2, 0) is 11.4 Å². The molecule has 0 aliphatic carbocycles. The number of ether oxygens (including phenoxy) is 2. The Morgan fingerprint density at radius 2 is 1.82 bits per heavy atom. The van der Waals surface area contributed by atoms with Crippen molar-refractivity contribution < 1.29 is 14.3 Å². The van der Waals surface area contributed by atoms with Gasteiger partial charge < -0.3 is 9.47 Å². The minimum Gasteiger partial charge on any atom is -0.493 e. The molecule has 5 rings (SSSR count). The number of carbonyl (C=O) groups excluding carboxylic acids is 1. The van der Waals surface area contributed by atoms with Gasteiger partial charge in [0.05, 0.1) is 22.2 Å². The highest BCUT2D eigenvalue weighted by atomic mass is 79.9. The van der Waals surface area contributed by atoms with Gasteiger partial charge in [-0.1, -0.05) is 61.0 Å². The number of methoxy groups -OCH3 is 1. The van der Waals surface area contributed by atoms with E-state index in [1.54, 1.807) is 24.1 Å². The van der Waals surface area contributed by atoms with Crippen molar-refractivity contribution in [2.75, 3.05) is 13.7 Å². The number of halogens is 2. The Kier molecular flexibility index (Phi) is 8.60. The molecular formula is C31H26BrClN2O3S. The third kappa shape index (κ3) is 6.16. The first-order valence-corrected chi connectivity index (χ1v) is 14.5. The molecule has 39 heavy (non-hydrogen) atoms. The Labute approximate surface area is 245 Å². The zero-order chi connectivity index (χ0) is 27.4. The molecule has 0 atom stereocenters. The summed E-state index contributed by atoms with van der Waals surface area (Å²) in [4.78, 5) is 20.3. The minimum absolute atomic E-state index is 0.0686. The number of benzene rings is 4. The molecule has 198 valence electrons. The van der Waals surface area contributed by atoms with Crippen molar-refractivity contribution in [3.8, 4) is 11.5 Å². The van der Waals surface area contributed by atoms with Crippen molar-refractivity contribution in [3.63, 3.8) is 0 Å². The van der Waals surface area contributed by atoms with Crippen LogP contribution in [0.2, 0.25) is 5.02 Å². The minimum atomic E-state index is -0.0686. The summed E-state index contributed by atoms with van der Waals surface area (Å²) in [5.74, 6) is 1.11. The van der Waals surface area contributed by atoms with Gasteiger partial charge in [0.2, 0.25) is 0 Å². The highest BCUT2D eigenvalue weighted by Crippen LogP contribution is 2.40. The standard InChI is InChI=1S/C31H26BrClN2O3S/c1-3-15-35-30(36)28(39-31(35)34-24-13-11-23(33)12-14-24)18-20-16-26(32)29(27(17-20)37-2)38-19-22-9-6-8-21-7-4-5-10-25(21)22/h4-14,16-18H,3,15,19H2,1-2H3/b28-18-,34-31?. The molecule has 0 bridgehead atoms. The van der Waals surface area contributed by atoms with E-state index in [0.29, 0.717) is 39.7 Å². The molecule has 1 aliphatic rings. The van der Waals surface area contributed by atoms with Crippen molar-refractivity contribution >= 4 is 72.9 Å². The largest absolute Gasteiger partial charge is 0.493 e. The lowest BCUT2D eigenvalue weighted by molar-refractivity contribution is -0.122. The third-order valence-electron chi connectivity index (χ3n) is 6.19. The van der Waals surface area contributed by atoms with Crippen LogP contribution >= 0.6 is 39.3 Å². The fourth-order valence-corrected chi connectivity index (χ4v) is 6.05. The maximum Gasteiger partial charge on any atom is 0.266 e. The van der Waals surface area contributed by atoms with Crippen molar-refractivity contribution in [1.82, 2.24) is 4.90 Å². The molecule has 0 N–H and O–H groups in total. The van der Waals surface area contributed by atoms with Crippen LogP contribution in [0.5, 0.6) is 11.5 Å². The zero-order valence-corrected chi connectivity index (χ0v) is 24.6. The zero-order valence-electron chi connectivity index (χ0n) is 21.5. The Balaban J connectivity index is 1.41. The first-order chi connectivity index (χ1) is 19.0. The van der Waals surface area contributed by atoms with Crippen molar-refractivity contribution in [3.05, 3.63) is 104 Å². The van der Waals surface area contributed by atoms with Crippen LogP contribution in [0.25, 0.3) is 16.8 Å². The molecule has 1 saturated heterocycles. The van der Waals surface area contributed by atoms with Crippen molar-refractivity contribution in [2.45, 2.75) is 20.0 Å². The number of fused-ring (bicyclic) bond motifs is 1. The fraction of sp³-hybridized carbons (Fsp3) is 0.161. The maximum atomic E-state index is 13.3. The Bertz CT molecular complexity index is 1580. The van der Waals surface area contributed by atoms with E-state index in [0.717, 1.165) is 33.1 Å². The summed E-state index contributed by atoms with van der Waals surface area (Å²) in [6.07, 6.45) is 2.68. The average molecular weight is 622 g/mol. The lowest BCUT2D eigenvalue weighted by Gasteiger charge is -2.15. The van der Waals surface area contributed by atoms with Gasteiger partial charge in [-0.15, -0.1) is 0 Å². The van der Waals surface area contributed by atoms with E-state index >= 15 is 0 Å². The van der Waals surface area contributed by atoms with Crippen molar-refractivity contribution in [2.24, 2.45) is 4.99 Å². The number of hydrogen-bond donors (Lipinski definition) is 0. The van der Waals surface area contributed by atoms with Gasteiger partial charge in [-0.05, 0) is 98.5 Å². The molecule has 0 spiro atoms. The highest BCUT2D eigenvalue weighted by molar-refractivity contribution is 9.10. The number of amides is 1. The summed E-state index contributed by atoms with van der Waals surface area (Å²) >= 11 is 11.0. The van der Waals surface area contributed by atoms with Gasteiger partial charge in [0.1, 0.15) is 6.61 Å². The summed E-state index contributed by atoms with van der Waals surface area (Å²) in [6, 6.07) is 25.5. The van der Waals surface area contributed by atoms with E-state index < -0.39 is 0 Å². The average Bonchev–Trinajstić information content (AvgIpc) is 3.22. The lowest BCUT2D eigenvalue weighted by Crippen LogP contribution is -2.29. The second kappa shape index (κ2) is 12.3. The first kappa shape index (κ1) is 27.3. The molecule has 1 heterocycles. The van der Waals surface area contributed by atoms with Crippen LogP contribution in [0.3, 0.4) is 0 Å². The molecule has 5 nitrogen and oxygen atoms in total. The number of carbonyl (C=O) groups is 1. The summed E-state index contributed by atoms with van der Waals surface area (Å²) in [5.41, 5.74) is 2.65. The van der Waals surface area contributed by atoms with Gasteiger partial charge in [0.25, 0.3) is 5.91 Å². The fourth-order valence-electron chi connectivity index (χ4n) is 4.32. The van der Waals surface area contributed by atoms with E-state index in [2.05, 4.69) is 40.2 Å². The summed E-state index contributed by atoms with van der Waals surface area (Å²) in [5, 5.41) is 3.61. The van der Waals surface area contributed by atoms with E-state index in [9.17, 15) is 4.79 Å². The molecule has 0 aromatic heterocycles. The molecule has 1 amide bonds. The predicted octanol–water partition coefficient (Wildman–Crippen LogP) is 8.86. The molecule has 8 heteroatoms. The number of nitrogens with zero attached hydrogens (tertiary/aromatic N) is 2. The maximum absolute atomic E-state index is 13.3. The number of rotatable bonds is 8. The Morgan fingerprint density at radius 3 is 2.59 bits per heavy atom. The SMILES string of the molecule is CCCN1C(=O)/C(=C/c2cc(Br)c(OCc3cccc4ccccc34)c(OC)c2)SC1=Nc1ccc(Cl)cc1. The first-order valence-electron chi connectivity index (χ1n) is 12.5. The van der Waals surface area contributed by atoms with Crippen LogP contribution < -0.4 is 9.47 Å². The molecule has 0 unspecified atom stereocenters. The summed E-state index contributed by atoms with van der Waals surface area (Å²) in [7, 11) is 1.61. The molecule has 4 aromatic rings. The van der Waals surface area contributed by atoms with Gasteiger partial charge in [-0.2, -0.15) is 0 Å². The van der Waals surface area contributed by atoms with Crippen LogP contribution in [0, 0.1) is 0 Å². The smallest absolute Gasteiger partial charge is 0.266 e. The van der Waals surface area contributed by atoms with Gasteiger partial charge >= 0.3 is 0 Å². The topological polar surface area (TPSA) is 51.1 Å². The molecule has 0 saturated carbocycles. The number of hydrogen-bond acceptors (Lipinski definition) is 5. The molecule has 1 fully saturated rings. The number of aliphatic imine (C=N–C) groups is 1. The molecular weight excluding hydrogens is 596 g/mol. The van der Waals surface area contributed by atoms with E-state index in [4.69, 9.17) is 26.1 Å². The molecule has 1 aliphatic heterocycles. The third-order valence-corrected chi connectivity index (χ3v) is 8.04.